The van der Waals surface area contributed by atoms with Crippen LogP contribution in [0.25, 0.3) is 22.3 Å². The zero-order valence-corrected chi connectivity index (χ0v) is 27.4. The summed E-state index contributed by atoms with van der Waals surface area (Å²) in [6.07, 6.45) is 22.8. The Kier molecular flexibility index (Phi) is 14.4. The average Bonchev–Trinajstić information content (AvgIpc) is 3.04. The number of hydrogen-bond donors (Lipinski definition) is 0. The van der Waals surface area contributed by atoms with Crippen LogP contribution in [0.15, 0.2) is 54.6 Å². The van der Waals surface area contributed by atoms with Crippen molar-refractivity contribution in [1.29, 1.82) is 0 Å². The Bertz CT molecular complexity index is 1250. The maximum Gasteiger partial charge on any atom is 0.166 e. The Morgan fingerprint density at radius 1 is 0.545 bits per heavy atom. The van der Waals surface area contributed by atoms with Crippen molar-refractivity contribution in [2.24, 2.45) is 5.92 Å². The van der Waals surface area contributed by atoms with Crippen LogP contribution >= 0.6 is 0 Å². The van der Waals surface area contributed by atoms with E-state index in [1.807, 2.05) is 18.2 Å². The lowest BCUT2D eigenvalue weighted by Crippen LogP contribution is -2.13. The molecular formula is C41H55F3. The first-order valence-corrected chi connectivity index (χ1v) is 17.9. The van der Waals surface area contributed by atoms with Crippen molar-refractivity contribution >= 4 is 0 Å². The van der Waals surface area contributed by atoms with Gasteiger partial charge in [-0.2, -0.15) is 0 Å². The van der Waals surface area contributed by atoms with Gasteiger partial charge in [0, 0.05) is 11.1 Å². The van der Waals surface area contributed by atoms with Gasteiger partial charge in [0.05, 0.1) is 0 Å². The minimum absolute atomic E-state index is 0.212. The van der Waals surface area contributed by atoms with Crippen molar-refractivity contribution in [3.63, 3.8) is 0 Å². The molecule has 1 fully saturated rings. The lowest BCUT2D eigenvalue weighted by Gasteiger charge is -2.29. The summed E-state index contributed by atoms with van der Waals surface area (Å²) in [5, 5.41) is 0. The molecule has 1 saturated carbocycles. The summed E-state index contributed by atoms with van der Waals surface area (Å²) in [7, 11) is 0. The zero-order valence-electron chi connectivity index (χ0n) is 27.4. The van der Waals surface area contributed by atoms with Crippen LogP contribution in [0.4, 0.5) is 13.2 Å². The number of unbranched alkanes of at least 4 members (excludes halogenated alkanes) is 11. The Balaban J connectivity index is 1.29. The zero-order chi connectivity index (χ0) is 31.1. The molecule has 0 bridgehead atoms. The summed E-state index contributed by atoms with van der Waals surface area (Å²) in [5.74, 6) is -0.474. The molecule has 240 valence electrons. The second-order valence-electron chi connectivity index (χ2n) is 13.4. The van der Waals surface area contributed by atoms with Gasteiger partial charge in [0.15, 0.2) is 11.6 Å². The van der Waals surface area contributed by atoms with Gasteiger partial charge in [0.1, 0.15) is 5.82 Å². The molecular weight excluding hydrogens is 549 g/mol. The molecule has 1 aliphatic rings. The normalized spacial score (nSPS) is 16.8. The highest BCUT2D eigenvalue weighted by molar-refractivity contribution is 5.71. The SMILES string of the molecule is CCCCCCCCCCc1ccc(-c2ccc(-c3ccc(C4CCC(CCCCCCC)CC4)cc3F)cc2)c(F)c1F. The second-order valence-corrected chi connectivity index (χ2v) is 13.4. The predicted molar refractivity (Wildman–Crippen MR) is 182 cm³/mol. The first kappa shape index (κ1) is 34.3. The fourth-order valence-electron chi connectivity index (χ4n) is 7.12. The van der Waals surface area contributed by atoms with Crippen LogP contribution < -0.4 is 0 Å². The van der Waals surface area contributed by atoms with E-state index in [9.17, 15) is 4.39 Å². The minimum Gasteiger partial charge on any atom is -0.206 e. The molecule has 0 spiro atoms. The van der Waals surface area contributed by atoms with E-state index in [1.54, 1.807) is 30.3 Å². The third-order valence-corrected chi connectivity index (χ3v) is 10.00. The van der Waals surface area contributed by atoms with E-state index in [-0.39, 0.29) is 11.4 Å². The standard InChI is InChI=1S/C41H55F3/c1-3-5-7-9-10-11-13-15-17-35-26-29-38(41(44)40(35)43)34-24-22-33(23-25-34)37-28-27-36(30-39(37)42)32-20-18-31(19-21-32)16-14-12-8-6-4-2/h22-32H,3-21H2,1-2H3. The molecule has 0 aromatic heterocycles. The minimum atomic E-state index is -0.795. The molecule has 44 heavy (non-hydrogen) atoms. The molecule has 0 unspecified atom stereocenters. The van der Waals surface area contributed by atoms with E-state index in [4.69, 9.17) is 0 Å². The highest BCUT2D eigenvalue weighted by Crippen LogP contribution is 2.39. The third kappa shape index (κ3) is 9.98. The van der Waals surface area contributed by atoms with E-state index in [2.05, 4.69) is 19.9 Å². The van der Waals surface area contributed by atoms with Gasteiger partial charge in [-0.05, 0) is 78.7 Å². The van der Waals surface area contributed by atoms with Crippen LogP contribution in [-0.4, -0.2) is 0 Å². The van der Waals surface area contributed by atoms with Crippen molar-refractivity contribution in [2.75, 3.05) is 0 Å². The number of halogens is 3. The van der Waals surface area contributed by atoms with Gasteiger partial charge >= 0.3 is 0 Å². The van der Waals surface area contributed by atoms with Crippen molar-refractivity contribution in [3.05, 3.63) is 83.2 Å². The van der Waals surface area contributed by atoms with Crippen LogP contribution in [0.2, 0.25) is 0 Å². The molecule has 0 heterocycles. The maximum absolute atomic E-state index is 15.3. The molecule has 3 aromatic rings. The van der Waals surface area contributed by atoms with E-state index in [0.29, 0.717) is 29.0 Å². The predicted octanol–water partition coefficient (Wildman–Crippen LogP) is 13.8. The smallest absolute Gasteiger partial charge is 0.166 e. The molecule has 0 saturated heterocycles. The Labute approximate surface area is 265 Å². The van der Waals surface area contributed by atoms with Crippen LogP contribution in [0.5, 0.6) is 0 Å². The van der Waals surface area contributed by atoms with Gasteiger partial charge in [-0.1, -0.05) is 146 Å². The molecule has 0 N–H and O–H groups in total. The van der Waals surface area contributed by atoms with E-state index in [0.717, 1.165) is 49.1 Å². The van der Waals surface area contributed by atoms with Gasteiger partial charge in [0.2, 0.25) is 0 Å². The highest BCUT2D eigenvalue weighted by Gasteiger charge is 2.23. The summed E-state index contributed by atoms with van der Waals surface area (Å²) in [6.45, 7) is 4.48. The van der Waals surface area contributed by atoms with Crippen LogP contribution in [-0.2, 0) is 6.42 Å². The number of hydrogen-bond acceptors (Lipinski definition) is 0. The second kappa shape index (κ2) is 18.4. The Morgan fingerprint density at radius 2 is 1.09 bits per heavy atom. The third-order valence-electron chi connectivity index (χ3n) is 10.00. The summed E-state index contributed by atoms with van der Waals surface area (Å²) < 4.78 is 45.4. The molecule has 0 amide bonds. The number of aryl methyl sites for hydroxylation is 1. The first-order chi connectivity index (χ1) is 21.5. The molecule has 0 aliphatic heterocycles. The van der Waals surface area contributed by atoms with Crippen molar-refractivity contribution in [3.8, 4) is 22.3 Å². The summed E-state index contributed by atoms with van der Waals surface area (Å²) in [6, 6.07) is 16.3. The fraction of sp³-hybridized carbons (Fsp3) is 0.561. The summed E-state index contributed by atoms with van der Waals surface area (Å²) in [4.78, 5) is 0. The van der Waals surface area contributed by atoms with Crippen molar-refractivity contribution in [1.82, 2.24) is 0 Å². The topological polar surface area (TPSA) is 0 Å². The van der Waals surface area contributed by atoms with E-state index >= 15 is 8.78 Å². The largest absolute Gasteiger partial charge is 0.206 e. The van der Waals surface area contributed by atoms with E-state index < -0.39 is 11.6 Å². The number of benzene rings is 3. The monoisotopic (exact) mass is 604 g/mol. The fourth-order valence-corrected chi connectivity index (χ4v) is 7.12. The van der Waals surface area contributed by atoms with E-state index in [1.165, 1.54) is 83.5 Å². The molecule has 4 rings (SSSR count). The van der Waals surface area contributed by atoms with Gasteiger partial charge in [-0.15, -0.1) is 0 Å². The van der Waals surface area contributed by atoms with Crippen molar-refractivity contribution in [2.45, 2.75) is 142 Å². The number of rotatable bonds is 18. The highest BCUT2D eigenvalue weighted by atomic mass is 19.2. The maximum atomic E-state index is 15.3. The first-order valence-electron chi connectivity index (χ1n) is 17.9. The van der Waals surface area contributed by atoms with Crippen molar-refractivity contribution < 1.29 is 13.2 Å². The van der Waals surface area contributed by atoms with Crippen LogP contribution in [0.3, 0.4) is 0 Å². The molecule has 0 radical (unpaired) electrons. The lowest BCUT2D eigenvalue weighted by atomic mass is 9.77. The van der Waals surface area contributed by atoms with Crippen LogP contribution in [0.1, 0.15) is 146 Å². The molecule has 1 aliphatic carbocycles. The van der Waals surface area contributed by atoms with Gasteiger partial charge in [-0.25, -0.2) is 13.2 Å². The quantitative estimate of drug-likeness (QED) is 0.127. The Morgan fingerprint density at radius 3 is 1.70 bits per heavy atom. The molecule has 3 heteroatoms. The summed E-state index contributed by atoms with van der Waals surface area (Å²) in [5.41, 5.74) is 3.70. The van der Waals surface area contributed by atoms with Gasteiger partial charge in [0.25, 0.3) is 0 Å². The van der Waals surface area contributed by atoms with Gasteiger partial charge < -0.3 is 0 Å². The summed E-state index contributed by atoms with van der Waals surface area (Å²) >= 11 is 0. The molecule has 0 nitrogen and oxygen atoms in total. The lowest BCUT2D eigenvalue weighted by molar-refractivity contribution is 0.301. The van der Waals surface area contributed by atoms with Crippen LogP contribution in [0, 0.1) is 23.4 Å². The molecule has 0 atom stereocenters. The Hall–Kier alpha value is -2.55. The van der Waals surface area contributed by atoms with Gasteiger partial charge in [-0.3, -0.25) is 0 Å². The molecule has 3 aromatic carbocycles. The average molecular weight is 605 g/mol.